The number of methoxy groups -OCH3 is 1. The zero-order valence-corrected chi connectivity index (χ0v) is 14.8. The van der Waals surface area contributed by atoms with Gasteiger partial charge in [0.2, 0.25) is 0 Å². The predicted molar refractivity (Wildman–Crippen MR) is 90.6 cm³/mol. The Morgan fingerprint density at radius 1 is 1.35 bits per heavy atom. The van der Waals surface area contributed by atoms with Gasteiger partial charge in [0.1, 0.15) is 0 Å². The van der Waals surface area contributed by atoms with Crippen LogP contribution in [0.2, 0.25) is 0 Å². The van der Waals surface area contributed by atoms with Crippen LogP contribution in [-0.4, -0.2) is 33.4 Å². The number of halogens is 1. The fourth-order valence-electron chi connectivity index (χ4n) is 2.25. The second-order valence-corrected chi connectivity index (χ2v) is 6.21. The van der Waals surface area contributed by atoms with Crippen LogP contribution in [-0.2, 0) is 4.74 Å². The summed E-state index contributed by atoms with van der Waals surface area (Å²) < 4.78 is 6.38. The molecule has 1 aromatic rings. The first-order valence-electron chi connectivity index (χ1n) is 7.25. The van der Waals surface area contributed by atoms with Gasteiger partial charge in [0.15, 0.2) is 0 Å². The Balaban J connectivity index is 3.00. The third-order valence-electron chi connectivity index (χ3n) is 3.61. The maximum Gasteiger partial charge on any atom is 0.0663 e. The average Bonchev–Trinajstić information content (AvgIpc) is 2.44. The van der Waals surface area contributed by atoms with Crippen LogP contribution in [0.3, 0.4) is 0 Å². The van der Waals surface area contributed by atoms with Crippen LogP contribution in [0.25, 0.3) is 0 Å². The quantitative estimate of drug-likeness (QED) is 0.773. The number of hydrogen-bond acceptors (Lipinski definition) is 3. The Morgan fingerprint density at radius 3 is 2.65 bits per heavy atom. The fraction of sp³-hybridized carbons (Fsp3) is 0.625. The molecule has 4 heteroatoms. The first kappa shape index (κ1) is 17.5. The number of hydrogen-bond donors (Lipinski definition) is 1. The van der Waals surface area contributed by atoms with Gasteiger partial charge >= 0.3 is 0 Å². The number of nitrogens with one attached hydrogen (secondary N) is 1. The zero-order chi connectivity index (χ0) is 15.1. The van der Waals surface area contributed by atoms with Crippen molar-refractivity contribution in [1.29, 1.82) is 0 Å². The van der Waals surface area contributed by atoms with Gasteiger partial charge in [-0.3, -0.25) is 0 Å². The number of rotatable bonds is 8. The third kappa shape index (κ3) is 4.76. The average molecular weight is 343 g/mol. The summed E-state index contributed by atoms with van der Waals surface area (Å²) >= 11 is 3.58. The normalized spacial score (nSPS) is 14.1. The molecule has 2 atom stereocenters. The van der Waals surface area contributed by atoms with Crippen LogP contribution in [0.1, 0.15) is 38.8 Å². The molecule has 0 aliphatic rings. The van der Waals surface area contributed by atoms with E-state index >= 15 is 0 Å². The third-order valence-corrected chi connectivity index (χ3v) is 4.10. The van der Waals surface area contributed by atoms with Crippen LogP contribution < -0.4 is 10.2 Å². The first-order chi connectivity index (χ1) is 9.51. The van der Waals surface area contributed by atoms with Crippen molar-refractivity contribution in [3.63, 3.8) is 0 Å². The highest BCUT2D eigenvalue weighted by atomic mass is 79.9. The summed E-state index contributed by atoms with van der Waals surface area (Å²) in [4.78, 5) is 2.29. The molecule has 0 bridgehead atoms. The molecule has 0 saturated heterocycles. The van der Waals surface area contributed by atoms with Gasteiger partial charge in [0.25, 0.3) is 0 Å². The lowest BCUT2D eigenvalue weighted by atomic mass is 10.0. The van der Waals surface area contributed by atoms with Crippen LogP contribution in [0.4, 0.5) is 5.69 Å². The fourth-order valence-corrected chi connectivity index (χ4v) is 2.60. The second-order valence-electron chi connectivity index (χ2n) is 5.29. The molecule has 114 valence electrons. The van der Waals surface area contributed by atoms with E-state index in [0.29, 0.717) is 12.1 Å². The zero-order valence-electron chi connectivity index (χ0n) is 13.2. The molecule has 0 saturated carbocycles. The van der Waals surface area contributed by atoms with E-state index in [9.17, 15) is 0 Å². The molecule has 0 fully saturated rings. The summed E-state index contributed by atoms with van der Waals surface area (Å²) in [6.45, 7) is 8.35. The van der Waals surface area contributed by atoms with Gasteiger partial charge in [0, 0.05) is 36.4 Å². The molecule has 0 aliphatic heterocycles. The number of anilines is 1. The van der Waals surface area contributed by atoms with Crippen molar-refractivity contribution >= 4 is 21.6 Å². The Kier molecular flexibility index (Phi) is 7.56. The van der Waals surface area contributed by atoms with Crippen molar-refractivity contribution in [3.8, 4) is 0 Å². The molecular weight excluding hydrogens is 316 g/mol. The minimum absolute atomic E-state index is 0.339. The maximum absolute atomic E-state index is 5.27. The number of likely N-dealkylation sites (N-methyl/N-ethyl adjacent to an activating group) is 1. The van der Waals surface area contributed by atoms with E-state index in [1.165, 1.54) is 11.3 Å². The summed E-state index contributed by atoms with van der Waals surface area (Å²) in [6.07, 6.45) is 1.14. The number of ether oxygens (including phenoxy) is 1. The first-order valence-corrected chi connectivity index (χ1v) is 8.05. The van der Waals surface area contributed by atoms with Gasteiger partial charge in [-0.05, 0) is 44.5 Å². The standard InChI is InChI=1S/C16H27BrN2O/c1-6-9-18-13(3)15-8-7-14(17)10-16(15)19(4)12(2)11-20-5/h7-8,10,12-13,18H,6,9,11H2,1-5H3. The molecule has 1 N–H and O–H groups in total. The molecule has 0 radical (unpaired) electrons. The van der Waals surface area contributed by atoms with Crippen LogP contribution in [0.15, 0.2) is 22.7 Å². The van der Waals surface area contributed by atoms with E-state index < -0.39 is 0 Å². The SMILES string of the molecule is CCCNC(C)c1ccc(Br)cc1N(C)C(C)COC. The highest BCUT2D eigenvalue weighted by molar-refractivity contribution is 9.10. The van der Waals surface area contributed by atoms with Gasteiger partial charge in [-0.15, -0.1) is 0 Å². The summed E-state index contributed by atoms with van der Waals surface area (Å²) in [6, 6.07) is 7.17. The molecule has 0 aromatic heterocycles. The number of benzene rings is 1. The molecule has 1 rings (SSSR count). The molecule has 0 spiro atoms. The molecule has 3 nitrogen and oxygen atoms in total. The van der Waals surface area contributed by atoms with E-state index in [0.717, 1.165) is 24.0 Å². The Bertz CT molecular complexity index is 411. The Hall–Kier alpha value is -0.580. The highest BCUT2D eigenvalue weighted by Crippen LogP contribution is 2.30. The second kappa shape index (κ2) is 8.65. The molecule has 0 aliphatic carbocycles. The van der Waals surface area contributed by atoms with E-state index in [1.807, 2.05) is 0 Å². The van der Waals surface area contributed by atoms with Gasteiger partial charge in [0.05, 0.1) is 6.61 Å². The molecule has 2 unspecified atom stereocenters. The van der Waals surface area contributed by atoms with Crippen molar-refractivity contribution in [1.82, 2.24) is 5.32 Å². The van der Waals surface area contributed by atoms with Gasteiger partial charge in [-0.2, -0.15) is 0 Å². The summed E-state index contributed by atoms with van der Waals surface area (Å²) in [5, 5.41) is 3.56. The van der Waals surface area contributed by atoms with Crippen LogP contribution >= 0.6 is 15.9 Å². The van der Waals surface area contributed by atoms with Gasteiger partial charge in [-0.25, -0.2) is 0 Å². The van der Waals surface area contributed by atoms with Gasteiger partial charge < -0.3 is 15.0 Å². The van der Waals surface area contributed by atoms with Crippen molar-refractivity contribution in [2.24, 2.45) is 0 Å². The highest BCUT2D eigenvalue weighted by Gasteiger charge is 2.17. The molecular formula is C16H27BrN2O. The summed E-state index contributed by atoms with van der Waals surface area (Å²) in [5.74, 6) is 0. The Morgan fingerprint density at radius 2 is 2.05 bits per heavy atom. The molecule has 0 heterocycles. The summed E-state index contributed by atoms with van der Waals surface area (Å²) in [7, 11) is 3.87. The van der Waals surface area contributed by atoms with E-state index in [1.54, 1.807) is 7.11 Å². The van der Waals surface area contributed by atoms with E-state index in [4.69, 9.17) is 4.74 Å². The lowest BCUT2D eigenvalue weighted by molar-refractivity contribution is 0.183. The monoisotopic (exact) mass is 342 g/mol. The lowest BCUT2D eigenvalue weighted by Gasteiger charge is -2.30. The molecule has 0 amide bonds. The Labute approximate surface area is 131 Å². The van der Waals surface area contributed by atoms with Crippen molar-refractivity contribution < 1.29 is 4.74 Å². The maximum atomic E-state index is 5.27. The van der Waals surface area contributed by atoms with Crippen molar-refractivity contribution in [3.05, 3.63) is 28.2 Å². The lowest BCUT2D eigenvalue weighted by Crippen LogP contribution is -2.34. The van der Waals surface area contributed by atoms with Crippen LogP contribution in [0, 0.1) is 0 Å². The topological polar surface area (TPSA) is 24.5 Å². The van der Waals surface area contributed by atoms with E-state index in [2.05, 4.69) is 72.2 Å². The minimum atomic E-state index is 0.339. The van der Waals surface area contributed by atoms with Crippen molar-refractivity contribution in [2.45, 2.75) is 39.3 Å². The van der Waals surface area contributed by atoms with Crippen molar-refractivity contribution in [2.75, 3.05) is 32.2 Å². The van der Waals surface area contributed by atoms with E-state index in [-0.39, 0.29) is 0 Å². The largest absolute Gasteiger partial charge is 0.383 e. The minimum Gasteiger partial charge on any atom is -0.383 e. The van der Waals surface area contributed by atoms with Gasteiger partial charge in [-0.1, -0.05) is 28.9 Å². The molecule has 1 aromatic carbocycles. The predicted octanol–water partition coefficient (Wildman–Crippen LogP) is 3.98. The summed E-state index contributed by atoms with van der Waals surface area (Å²) in [5.41, 5.74) is 2.58. The van der Waals surface area contributed by atoms with Crippen LogP contribution in [0.5, 0.6) is 0 Å². The number of nitrogens with zero attached hydrogens (tertiary/aromatic N) is 1. The smallest absolute Gasteiger partial charge is 0.0663 e. The molecule has 20 heavy (non-hydrogen) atoms.